The van der Waals surface area contributed by atoms with Crippen LogP contribution in [0.1, 0.15) is 18.4 Å². The standard InChI is InChI=1S/C22H21N5O6/c1-12-2-4-15(9-18(12)27(32)33)24-22(31)23-10-13-3-5-16-14(8-13)11-26(21(16)30)17-6-7-19(28)25-20(17)29/h2-5,8-9,11,16-17H,6-7,10H2,1H3,(H2,23,24,31)(H,25,28,29). The van der Waals surface area contributed by atoms with Crippen molar-refractivity contribution in [3.63, 3.8) is 0 Å². The monoisotopic (exact) mass is 451 g/mol. The van der Waals surface area contributed by atoms with Gasteiger partial charge in [0.15, 0.2) is 0 Å². The Balaban J connectivity index is 1.38. The number of amides is 5. The summed E-state index contributed by atoms with van der Waals surface area (Å²) >= 11 is 0. The number of rotatable bonds is 5. The summed E-state index contributed by atoms with van der Waals surface area (Å²) in [5.74, 6) is -1.59. The van der Waals surface area contributed by atoms with Crippen LogP contribution in [0, 0.1) is 23.0 Å². The number of nitro benzene ring substituents is 1. The highest BCUT2D eigenvalue weighted by Crippen LogP contribution is 2.32. The van der Waals surface area contributed by atoms with Gasteiger partial charge in [-0.2, -0.15) is 0 Å². The molecule has 3 aliphatic rings. The molecule has 170 valence electrons. The van der Waals surface area contributed by atoms with E-state index in [-0.39, 0.29) is 36.9 Å². The lowest BCUT2D eigenvalue weighted by molar-refractivity contribution is -0.385. The lowest BCUT2D eigenvalue weighted by Gasteiger charge is -2.28. The van der Waals surface area contributed by atoms with Gasteiger partial charge in [-0.1, -0.05) is 24.3 Å². The molecular formula is C22H21N5O6. The Bertz CT molecular complexity index is 1170. The van der Waals surface area contributed by atoms with Crippen LogP contribution < -0.4 is 16.0 Å². The Morgan fingerprint density at radius 3 is 2.82 bits per heavy atom. The van der Waals surface area contributed by atoms with Crippen molar-refractivity contribution in [1.29, 1.82) is 0 Å². The minimum absolute atomic E-state index is 0.0878. The second-order valence-corrected chi connectivity index (χ2v) is 7.96. The quantitative estimate of drug-likeness (QED) is 0.352. The Morgan fingerprint density at radius 1 is 1.30 bits per heavy atom. The fourth-order valence-electron chi connectivity index (χ4n) is 3.95. The van der Waals surface area contributed by atoms with Gasteiger partial charge in [-0.3, -0.25) is 29.8 Å². The lowest BCUT2D eigenvalue weighted by atomic mass is 9.93. The number of aryl methyl sites for hydroxylation is 1. The summed E-state index contributed by atoms with van der Waals surface area (Å²) in [5, 5.41) is 18.5. The molecular weight excluding hydrogens is 430 g/mol. The van der Waals surface area contributed by atoms with Gasteiger partial charge in [0.05, 0.1) is 10.8 Å². The zero-order chi connectivity index (χ0) is 23.7. The van der Waals surface area contributed by atoms with Crippen molar-refractivity contribution in [2.24, 2.45) is 5.92 Å². The first kappa shape index (κ1) is 21.9. The first-order valence-electron chi connectivity index (χ1n) is 10.3. The number of urea groups is 1. The molecule has 2 aliphatic heterocycles. The molecule has 3 N–H and O–H groups in total. The van der Waals surface area contributed by atoms with E-state index in [0.29, 0.717) is 16.8 Å². The van der Waals surface area contributed by atoms with Crippen LogP contribution in [0.25, 0.3) is 0 Å². The van der Waals surface area contributed by atoms with E-state index in [9.17, 15) is 29.3 Å². The molecule has 1 aliphatic carbocycles. The van der Waals surface area contributed by atoms with Gasteiger partial charge in [0.25, 0.3) is 5.69 Å². The van der Waals surface area contributed by atoms with E-state index in [1.807, 2.05) is 0 Å². The molecule has 11 nitrogen and oxygen atoms in total. The van der Waals surface area contributed by atoms with Crippen molar-refractivity contribution < 1.29 is 24.1 Å². The Hall–Kier alpha value is -4.28. The molecule has 2 atom stereocenters. The van der Waals surface area contributed by atoms with Crippen LogP contribution in [-0.2, 0) is 14.4 Å². The first-order valence-corrected chi connectivity index (χ1v) is 10.3. The van der Waals surface area contributed by atoms with Gasteiger partial charge in [0, 0.05) is 36.5 Å². The maximum absolute atomic E-state index is 12.7. The van der Waals surface area contributed by atoms with Gasteiger partial charge >= 0.3 is 6.03 Å². The number of anilines is 1. The lowest BCUT2D eigenvalue weighted by Crippen LogP contribution is -2.52. The molecule has 0 spiro atoms. The van der Waals surface area contributed by atoms with Crippen LogP contribution in [0.4, 0.5) is 16.2 Å². The number of nitro groups is 1. The first-order chi connectivity index (χ1) is 15.7. The molecule has 0 aromatic heterocycles. The minimum Gasteiger partial charge on any atom is -0.334 e. The number of carbonyl (C=O) groups excluding carboxylic acids is 4. The van der Waals surface area contributed by atoms with E-state index in [0.717, 1.165) is 5.57 Å². The van der Waals surface area contributed by atoms with Crippen molar-refractivity contribution in [3.8, 4) is 0 Å². The maximum atomic E-state index is 12.7. The van der Waals surface area contributed by atoms with E-state index in [4.69, 9.17) is 0 Å². The summed E-state index contributed by atoms with van der Waals surface area (Å²) < 4.78 is 0. The second-order valence-electron chi connectivity index (χ2n) is 7.96. The zero-order valence-electron chi connectivity index (χ0n) is 17.7. The van der Waals surface area contributed by atoms with Crippen molar-refractivity contribution in [3.05, 3.63) is 69.5 Å². The number of piperidine rings is 1. The van der Waals surface area contributed by atoms with Crippen molar-refractivity contribution in [1.82, 2.24) is 15.5 Å². The van der Waals surface area contributed by atoms with Crippen molar-refractivity contribution in [2.45, 2.75) is 25.8 Å². The highest BCUT2D eigenvalue weighted by atomic mass is 16.6. The molecule has 11 heteroatoms. The Labute approximate surface area is 188 Å². The molecule has 5 amide bonds. The minimum atomic E-state index is -0.721. The molecule has 33 heavy (non-hydrogen) atoms. The van der Waals surface area contributed by atoms with Gasteiger partial charge in [-0.05, 0) is 30.6 Å². The summed E-state index contributed by atoms with van der Waals surface area (Å²) in [7, 11) is 0. The summed E-state index contributed by atoms with van der Waals surface area (Å²) in [5.41, 5.74) is 2.12. The number of hydrogen-bond acceptors (Lipinski definition) is 6. The fraction of sp³-hybridized carbons (Fsp3) is 0.273. The number of fused-ring (bicyclic) bond motifs is 1. The number of hydrogen-bond donors (Lipinski definition) is 3. The largest absolute Gasteiger partial charge is 0.334 e. The number of benzene rings is 1. The molecule has 1 fully saturated rings. The average molecular weight is 451 g/mol. The third-order valence-electron chi connectivity index (χ3n) is 5.69. The number of nitrogens with zero attached hydrogens (tertiary/aromatic N) is 2. The number of nitrogens with one attached hydrogen (secondary N) is 3. The van der Waals surface area contributed by atoms with Crippen LogP contribution in [0.15, 0.2) is 53.8 Å². The third kappa shape index (κ3) is 4.52. The Morgan fingerprint density at radius 2 is 2.09 bits per heavy atom. The van der Waals surface area contributed by atoms with Crippen LogP contribution >= 0.6 is 0 Å². The maximum Gasteiger partial charge on any atom is 0.319 e. The summed E-state index contributed by atoms with van der Waals surface area (Å²) in [4.78, 5) is 60.4. The fourth-order valence-corrected chi connectivity index (χ4v) is 3.95. The number of carbonyl (C=O) groups is 4. The van der Waals surface area contributed by atoms with Crippen LogP contribution in [-0.4, -0.2) is 46.2 Å². The van der Waals surface area contributed by atoms with Gasteiger partial charge in [-0.15, -0.1) is 0 Å². The summed E-state index contributed by atoms with van der Waals surface area (Å²) in [6.45, 7) is 1.77. The van der Waals surface area contributed by atoms with Gasteiger partial charge in [-0.25, -0.2) is 4.79 Å². The molecule has 0 radical (unpaired) electrons. The van der Waals surface area contributed by atoms with Gasteiger partial charge < -0.3 is 15.5 Å². The van der Waals surface area contributed by atoms with E-state index < -0.39 is 28.8 Å². The molecule has 2 unspecified atom stereocenters. The van der Waals surface area contributed by atoms with Crippen LogP contribution in [0.2, 0.25) is 0 Å². The molecule has 0 saturated carbocycles. The zero-order valence-corrected chi connectivity index (χ0v) is 17.7. The van der Waals surface area contributed by atoms with Gasteiger partial charge in [0.2, 0.25) is 17.7 Å². The molecule has 1 saturated heterocycles. The number of imide groups is 1. The molecule has 2 heterocycles. The third-order valence-corrected chi connectivity index (χ3v) is 5.69. The van der Waals surface area contributed by atoms with Crippen LogP contribution in [0.3, 0.4) is 0 Å². The van der Waals surface area contributed by atoms with Crippen molar-refractivity contribution >= 4 is 35.1 Å². The normalized spacial score (nSPS) is 21.7. The van der Waals surface area contributed by atoms with E-state index in [2.05, 4.69) is 16.0 Å². The van der Waals surface area contributed by atoms with E-state index >= 15 is 0 Å². The summed E-state index contributed by atoms with van der Waals surface area (Å²) in [6.07, 6.45) is 7.26. The second kappa shape index (κ2) is 8.69. The topological polar surface area (TPSA) is 151 Å². The molecule has 4 rings (SSSR count). The average Bonchev–Trinajstić information content (AvgIpc) is 3.09. The van der Waals surface area contributed by atoms with E-state index in [1.54, 1.807) is 43.5 Å². The van der Waals surface area contributed by atoms with E-state index in [1.165, 1.54) is 11.0 Å². The predicted molar refractivity (Wildman–Crippen MR) is 117 cm³/mol. The predicted octanol–water partition coefficient (Wildman–Crippen LogP) is 1.67. The SMILES string of the molecule is Cc1ccc(NC(=O)NCC2=CC3=CN(C4CCC(=O)NC4=O)C(=O)C3C=C2)cc1[N+](=O)[O-]. The molecule has 1 aromatic carbocycles. The Kier molecular flexibility index (Phi) is 5.78. The molecule has 0 bridgehead atoms. The highest BCUT2D eigenvalue weighted by Gasteiger charge is 2.40. The summed E-state index contributed by atoms with van der Waals surface area (Å²) in [6, 6.07) is 3.16. The van der Waals surface area contributed by atoms with Crippen LogP contribution in [0.5, 0.6) is 0 Å². The smallest absolute Gasteiger partial charge is 0.319 e. The van der Waals surface area contributed by atoms with Gasteiger partial charge in [0.1, 0.15) is 6.04 Å². The van der Waals surface area contributed by atoms with Crippen molar-refractivity contribution in [2.75, 3.05) is 11.9 Å². The highest BCUT2D eigenvalue weighted by molar-refractivity contribution is 6.03. The molecule has 1 aromatic rings. The number of allylic oxidation sites excluding steroid dienone is 1.